The Morgan fingerprint density at radius 2 is 1.75 bits per heavy atom. The van der Waals surface area contributed by atoms with Gasteiger partial charge in [-0.3, -0.25) is 9.36 Å². The number of hydrogen-bond donors (Lipinski definition) is 0. The number of thiazole rings is 1. The Morgan fingerprint density at radius 3 is 2.53 bits per heavy atom. The predicted octanol–water partition coefficient (Wildman–Crippen LogP) is 3.56. The number of nitrogens with zero attached hydrogens (tertiary/aromatic N) is 2. The fourth-order valence-electron chi connectivity index (χ4n) is 4.16. The lowest BCUT2D eigenvalue weighted by Crippen LogP contribution is -2.39. The molecule has 1 aromatic heterocycles. The van der Waals surface area contributed by atoms with E-state index < -0.39 is 12.0 Å². The second-order valence-corrected chi connectivity index (χ2v) is 8.56. The van der Waals surface area contributed by atoms with Gasteiger partial charge >= 0.3 is 5.97 Å². The zero-order valence-electron chi connectivity index (χ0n) is 17.6. The van der Waals surface area contributed by atoms with Gasteiger partial charge in [-0.2, -0.15) is 0 Å². The molecule has 0 saturated carbocycles. The summed E-state index contributed by atoms with van der Waals surface area (Å²) < 4.78 is 7.22. The number of carbonyl (C=O) groups is 1. The Hall–Kier alpha value is -3.77. The summed E-state index contributed by atoms with van der Waals surface area (Å²) in [5.41, 5.74) is 2.56. The molecule has 0 unspecified atom stereocenters. The van der Waals surface area contributed by atoms with E-state index >= 15 is 0 Å². The van der Waals surface area contributed by atoms with Gasteiger partial charge in [0, 0.05) is 0 Å². The number of hydrogen-bond acceptors (Lipinski definition) is 5. The number of methoxy groups -OCH3 is 1. The summed E-state index contributed by atoms with van der Waals surface area (Å²) in [6.45, 7) is 1.78. The maximum atomic E-state index is 13.6. The Labute approximate surface area is 188 Å². The van der Waals surface area contributed by atoms with E-state index in [9.17, 15) is 9.59 Å². The molecule has 0 radical (unpaired) electrons. The van der Waals surface area contributed by atoms with Gasteiger partial charge in [-0.15, -0.1) is 0 Å². The minimum atomic E-state index is -0.588. The molecule has 158 valence electrons. The molecule has 1 atom stereocenters. The summed E-state index contributed by atoms with van der Waals surface area (Å²) in [7, 11) is 1.34. The quantitative estimate of drug-likeness (QED) is 0.458. The smallest absolute Gasteiger partial charge is 0.338 e. The Bertz CT molecular complexity index is 1560. The Kier molecular flexibility index (Phi) is 5.07. The SMILES string of the molecule is COC(=O)C1=C(C)N=c2sc(=Cc3cccc4ccccc34)c(=O)n2[C@H]1c1ccccc1. The normalized spacial score (nSPS) is 16.1. The monoisotopic (exact) mass is 440 g/mol. The van der Waals surface area contributed by atoms with E-state index in [2.05, 4.69) is 17.1 Å². The molecular formula is C26H20N2O3S. The molecule has 0 bridgehead atoms. The van der Waals surface area contributed by atoms with Crippen molar-refractivity contribution in [3.05, 3.63) is 115 Å². The fourth-order valence-corrected chi connectivity index (χ4v) is 5.20. The van der Waals surface area contributed by atoms with Crippen LogP contribution in [0.5, 0.6) is 0 Å². The van der Waals surface area contributed by atoms with Crippen LogP contribution in [0.4, 0.5) is 0 Å². The number of ether oxygens (including phenoxy) is 1. The topological polar surface area (TPSA) is 60.7 Å². The third-order valence-electron chi connectivity index (χ3n) is 5.65. The average Bonchev–Trinajstić information content (AvgIpc) is 3.13. The van der Waals surface area contributed by atoms with Crippen molar-refractivity contribution in [3.63, 3.8) is 0 Å². The highest BCUT2D eigenvalue weighted by molar-refractivity contribution is 7.07. The summed E-state index contributed by atoms with van der Waals surface area (Å²) in [5, 5.41) is 2.19. The van der Waals surface area contributed by atoms with Crippen molar-refractivity contribution in [1.82, 2.24) is 4.57 Å². The van der Waals surface area contributed by atoms with E-state index in [0.717, 1.165) is 21.9 Å². The molecule has 0 spiro atoms. The van der Waals surface area contributed by atoms with Gasteiger partial charge in [-0.1, -0.05) is 84.1 Å². The first-order valence-electron chi connectivity index (χ1n) is 10.2. The van der Waals surface area contributed by atoms with Crippen LogP contribution in [0.2, 0.25) is 0 Å². The zero-order valence-corrected chi connectivity index (χ0v) is 18.4. The van der Waals surface area contributed by atoms with E-state index in [1.165, 1.54) is 18.4 Å². The Balaban J connectivity index is 1.77. The molecular weight excluding hydrogens is 420 g/mol. The molecule has 0 saturated heterocycles. The minimum absolute atomic E-state index is 0.176. The second kappa shape index (κ2) is 8.05. The number of carbonyl (C=O) groups excluding carboxylic acids is 1. The van der Waals surface area contributed by atoms with Crippen molar-refractivity contribution in [3.8, 4) is 0 Å². The molecule has 3 aromatic carbocycles. The van der Waals surface area contributed by atoms with E-state index in [1.54, 1.807) is 11.5 Å². The van der Waals surface area contributed by atoms with Gasteiger partial charge < -0.3 is 4.74 Å². The first kappa shape index (κ1) is 20.2. The summed E-state index contributed by atoms with van der Waals surface area (Å²) in [6.07, 6.45) is 1.91. The van der Waals surface area contributed by atoms with Crippen LogP contribution in [0.3, 0.4) is 0 Å². The standard InChI is InChI=1S/C26H20N2O3S/c1-16-22(25(30)31-2)23(18-10-4-3-5-11-18)28-24(29)21(32-26(28)27-16)15-19-13-8-12-17-9-6-7-14-20(17)19/h3-15,23H,1-2H3/t23-/m0/s1. The van der Waals surface area contributed by atoms with Crippen LogP contribution >= 0.6 is 11.3 Å². The van der Waals surface area contributed by atoms with Gasteiger partial charge in [0.25, 0.3) is 5.56 Å². The lowest BCUT2D eigenvalue weighted by atomic mass is 9.96. The summed E-state index contributed by atoms with van der Waals surface area (Å²) in [5.74, 6) is -0.483. The van der Waals surface area contributed by atoms with Gasteiger partial charge in [0.05, 0.1) is 29.0 Å². The summed E-state index contributed by atoms with van der Waals surface area (Å²) >= 11 is 1.33. The molecule has 0 aliphatic carbocycles. The molecule has 1 aliphatic rings. The molecule has 5 nitrogen and oxygen atoms in total. The van der Waals surface area contributed by atoms with Crippen molar-refractivity contribution < 1.29 is 9.53 Å². The minimum Gasteiger partial charge on any atom is -0.466 e. The van der Waals surface area contributed by atoms with E-state index in [1.807, 2.05) is 66.7 Å². The third kappa shape index (κ3) is 3.29. The number of rotatable bonds is 3. The largest absolute Gasteiger partial charge is 0.466 e. The van der Waals surface area contributed by atoms with Crippen LogP contribution in [0.15, 0.2) is 93.9 Å². The number of aromatic nitrogens is 1. The maximum absolute atomic E-state index is 13.6. The zero-order chi connectivity index (χ0) is 22.2. The van der Waals surface area contributed by atoms with Crippen molar-refractivity contribution in [2.24, 2.45) is 4.99 Å². The predicted molar refractivity (Wildman–Crippen MR) is 126 cm³/mol. The average molecular weight is 441 g/mol. The van der Waals surface area contributed by atoms with Gasteiger partial charge in [0.2, 0.25) is 0 Å². The molecule has 1 aliphatic heterocycles. The first-order valence-corrected chi connectivity index (χ1v) is 11.0. The highest BCUT2D eigenvalue weighted by Gasteiger charge is 2.32. The molecule has 5 rings (SSSR count). The molecule has 0 fully saturated rings. The van der Waals surface area contributed by atoms with Crippen LogP contribution in [-0.4, -0.2) is 17.6 Å². The maximum Gasteiger partial charge on any atom is 0.338 e. The number of benzene rings is 3. The van der Waals surface area contributed by atoms with Crippen molar-refractivity contribution in [2.45, 2.75) is 13.0 Å². The molecule has 2 heterocycles. The first-order chi connectivity index (χ1) is 15.6. The van der Waals surface area contributed by atoms with Crippen molar-refractivity contribution in [1.29, 1.82) is 0 Å². The summed E-state index contributed by atoms with van der Waals surface area (Å²) in [6, 6.07) is 23.0. The van der Waals surface area contributed by atoms with Crippen LogP contribution in [0.25, 0.3) is 16.8 Å². The van der Waals surface area contributed by atoms with Gasteiger partial charge in [-0.05, 0) is 34.9 Å². The van der Waals surface area contributed by atoms with E-state index in [-0.39, 0.29) is 5.56 Å². The van der Waals surface area contributed by atoms with Crippen molar-refractivity contribution >= 4 is 34.2 Å². The third-order valence-corrected chi connectivity index (χ3v) is 6.64. The Morgan fingerprint density at radius 1 is 1.03 bits per heavy atom. The second-order valence-electron chi connectivity index (χ2n) is 7.55. The summed E-state index contributed by atoms with van der Waals surface area (Å²) in [4.78, 5) is 31.4. The van der Waals surface area contributed by atoms with E-state index in [0.29, 0.717) is 20.6 Å². The number of esters is 1. The fraction of sp³-hybridized carbons (Fsp3) is 0.115. The number of allylic oxidation sites excluding steroid dienone is 1. The molecule has 0 amide bonds. The van der Waals surface area contributed by atoms with Crippen LogP contribution in [0, 0.1) is 0 Å². The molecule has 6 heteroatoms. The van der Waals surface area contributed by atoms with E-state index in [4.69, 9.17) is 4.74 Å². The van der Waals surface area contributed by atoms with Crippen LogP contribution in [0.1, 0.15) is 24.1 Å². The molecule has 0 N–H and O–H groups in total. The lowest BCUT2D eigenvalue weighted by Gasteiger charge is -2.24. The number of fused-ring (bicyclic) bond motifs is 2. The molecule has 4 aromatic rings. The highest BCUT2D eigenvalue weighted by Crippen LogP contribution is 2.30. The van der Waals surface area contributed by atoms with Crippen molar-refractivity contribution in [2.75, 3.05) is 7.11 Å². The van der Waals surface area contributed by atoms with Gasteiger partial charge in [0.15, 0.2) is 4.80 Å². The van der Waals surface area contributed by atoms with Crippen LogP contribution in [-0.2, 0) is 9.53 Å². The highest BCUT2D eigenvalue weighted by atomic mass is 32.1. The van der Waals surface area contributed by atoms with Gasteiger partial charge in [-0.25, -0.2) is 9.79 Å². The lowest BCUT2D eigenvalue weighted by molar-refractivity contribution is -0.136. The molecule has 32 heavy (non-hydrogen) atoms. The van der Waals surface area contributed by atoms with Crippen LogP contribution < -0.4 is 14.9 Å². The van der Waals surface area contributed by atoms with Gasteiger partial charge in [0.1, 0.15) is 0 Å².